The molecule has 0 saturated heterocycles. The van der Waals surface area contributed by atoms with Gasteiger partial charge in [0.25, 0.3) is 0 Å². The monoisotopic (exact) mass is 287 g/mol. The largest absolute Gasteiger partial charge is 0.508 e. The van der Waals surface area contributed by atoms with Crippen molar-refractivity contribution < 1.29 is 9.50 Å². The second-order valence-corrected chi connectivity index (χ2v) is 5.33. The van der Waals surface area contributed by atoms with Crippen molar-refractivity contribution in [3.05, 3.63) is 59.4 Å². The summed E-state index contributed by atoms with van der Waals surface area (Å²) in [5.74, 6) is -0.462. The van der Waals surface area contributed by atoms with E-state index in [0.29, 0.717) is 6.54 Å². The van der Waals surface area contributed by atoms with Crippen LogP contribution in [0.15, 0.2) is 42.5 Å². The fourth-order valence-corrected chi connectivity index (χ4v) is 2.31. The zero-order chi connectivity index (χ0) is 15.1. The van der Waals surface area contributed by atoms with E-state index in [4.69, 9.17) is 0 Å². The molecular weight excluding hydrogens is 265 g/mol. The highest BCUT2D eigenvalue weighted by Crippen LogP contribution is 2.17. The summed E-state index contributed by atoms with van der Waals surface area (Å²) in [5.41, 5.74) is 3.06. The number of benzene rings is 2. The Morgan fingerprint density at radius 3 is 2.43 bits per heavy atom. The maximum absolute atomic E-state index is 13.2. The van der Waals surface area contributed by atoms with Crippen molar-refractivity contribution in [2.75, 3.05) is 5.32 Å². The number of halogens is 1. The van der Waals surface area contributed by atoms with Crippen LogP contribution in [-0.2, 0) is 13.0 Å². The second kappa shape index (κ2) is 7.67. The van der Waals surface area contributed by atoms with Crippen molar-refractivity contribution in [1.29, 1.82) is 0 Å². The zero-order valence-electron chi connectivity index (χ0n) is 12.4. The molecule has 2 nitrogen and oxygen atoms in total. The maximum Gasteiger partial charge on any atom is 0.127 e. The number of phenols is 1. The lowest BCUT2D eigenvalue weighted by Crippen LogP contribution is -2.00. The molecule has 112 valence electrons. The molecule has 0 spiro atoms. The predicted molar refractivity (Wildman–Crippen MR) is 85.1 cm³/mol. The van der Waals surface area contributed by atoms with Crippen molar-refractivity contribution in [2.24, 2.45) is 0 Å². The normalized spacial score (nSPS) is 10.6. The molecule has 0 atom stereocenters. The lowest BCUT2D eigenvalue weighted by atomic mass is 10.1. The van der Waals surface area contributed by atoms with Gasteiger partial charge >= 0.3 is 0 Å². The third kappa shape index (κ3) is 5.10. The van der Waals surface area contributed by atoms with Gasteiger partial charge in [-0.25, -0.2) is 4.39 Å². The molecular formula is C18H22FNO. The van der Waals surface area contributed by atoms with Gasteiger partial charge in [0.15, 0.2) is 0 Å². The molecule has 2 N–H and O–H groups in total. The Morgan fingerprint density at radius 1 is 1.00 bits per heavy atom. The van der Waals surface area contributed by atoms with E-state index in [2.05, 4.69) is 24.4 Å². The third-order valence-corrected chi connectivity index (χ3v) is 3.46. The molecule has 0 heterocycles. The lowest BCUT2D eigenvalue weighted by Gasteiger charge is -2.08. The van der Waals surface area contributed by atoms with Crippen molar-refractivity contribution in [2.45, 2.75) is 39.2 Å². The van der Waals surface area contributed by atoms with Gasteiger partial charge in [-0.2, -0.15) is 0 Å². The topological polar surface area (TPSA) is 32.3 Å². The number of hydrogen-bond donors (Lipinski definition) is 2. The fourth-order valence-electron chi connectivity index (χ4n) is 2.31. The van der Waals surface area contributed by atoms with E-state index in [0.717, 1.165) is 23.7 Å². The van der Waals surface area contributed by atoms with Crippen LogP contribution in [0.25, 0.3) is 0 Å². The van der Waals surface area contributed by atoms with E-state index in [1.807, 2.05) is 12.1 Å². The summed E-state index contributed by atoms with van der Waals surface area (Å²) >= 11 is 0. The van der Waals surface area contributed by atoms with E-state index in [9.17, 15) is 9.50 Å². The average Bonchev–Trinajstić information content (AvgIpc) is 2.46. The molecule has 0 aromatic heterocycles. The first-order chi connectivity index (χ1) is 10.2. The molecule has 0 aliphatic heterocycles. The number of hydrogen-bond acceptors (Lipinski definition) is 2. The van der Waals surface area contributed by atoms with Crippen molar-refractivity contribution in [1.82, 2.24) is 0 Å². The summed E-state index contributed by atoms with van der Waals surface area (Å²) in [6.45, 7) is 2.69. The summed E-state index contributed by atoms with van der Waals surface area (Å²) < 4.78 is 13.2. The van der Waals surface area contributed by atoms with Crippen LogP contribution in [0.4, 0.5) is 10.1 Å². The number of aromatic hydroxyl groups is 1. The second-order valence-electron chi connectivity index (χ2n) is 5.33. The Bertz CT molecular complexity index is 546. The Hall–Kier alpha value is -2.03. The van der Waals surface area contributed by atoms with Crippen molar-refractivity contribution in [3.63, 3.8) is 0 Å². The minimum atomic E-state index is -0.418. The van der Waals surface area contributed by atoms with Gasteiger partial charge in [0.05, 0.1) is 0 Å². The van der Waals surface area contributed by atoms with Gasteiger partial charge < -0.3 is 10.4 Å². The van der Waals surface area contributed by atoms with Gasteiger partial charge in [-0.3, -0.25) is 0 Å². The fraction of sp³-hybridized carbons (Fsp3) is 0.333. The molecule has 0 radical (unpaired) electrons. The van der Waals surface area contributed by atoms with E-state index >= 15 is 0 Å². The molecule has 0 bridgehead atoms. The third-order valence-electron chi connectivity index (χ3n) is 3.46. The van der Waals surface area contributed by atoms with Gasteiger partial charge in [0, 0.05) is 18.3 Å². The van der Waals surface area contributed by atoms with Gasteiger partial charge in [-0.05, 0) is 48.2 Å². The van der Waals surface area contributed by atoms with E-state index in [1.165, 1.54) is 30.9 Å². The molecule has 0 fully saturated rings. The first-order valence-corrected chi connectivity index (χ1v) is 7.48. The average molecular weight is 287 g/mol. The van der Waals surface area contributed by atoms with Gasteiger partial charge in [-0.1, -0.05) is 31.9 Å². The Morgan fingerprint density at radius 2 is 1.76 bits per heavy atom. The highest BCUT2D eigenvalue weighted by Gasteiger charge is 2.00. The van der Waals surface area contributed by atoms with E-state index in [1.54, 1.807) is 6.07 Å². The zero-order valence-corrected chi connectivity index (χ0v) is 12.4. The highest BCUT2D eigenvalue weighted by atomic mass is 19.1. The Balaban J connectivity index is 1.88. The summed E-state index contributed by atoms with van der Waals surface area (Å²) in [7, 11) is 0. The predicted octanol–water partition coefficient (Wildman–Crippen LogP) is 4.88. The first-order valence-electron chi connectivity index (χ1n) is 7.48. The van der Waals surface area contributed by atoms with Gasteiger partial charge in [-0.15, -0.1) is 0 Å². The summed E-state index contributed by atoms with van der Waals surface area (Å²) in [6, 6.07) is 12.4. The molecule has 0 amide bonds. The van der Waals surface area contributed by atoms with Crippen LogP contribution >= 0.6 is 0 Å². The molecule has 2 rings (SSSR count). The standard InChI is InChI=1S/C18H22FNO/c1-2-3-4-5-14-6-8-17(9-7-14)20-13-15-10-16(19)12-18(21)11-15/h6-12,20-21H,2-5,13H2,1H3. The molecule has 0 aliphatic carbocycles. The lowest BCUT2D eigenvalue weighted by molar-refractivity contribution is 0.468. The number of anilines is 1. The van der Waals surface area contributed by atoms with E-state index < -0.39 is 5.82 Å². The molecule has 2 aromatic rings. The van der Waals surface area contributed by atoms with Crippen LogP contribution in [0.3, 0.4) is 0 Å². The van der Waals surface area contributed by atoms with E-state index in [-0.39, 0.29) is 5.75 Å². The van der Waals surface area contributed by atoms with Gasteiger partial charge in [0.1, 0.15) is 11.6 Å². The van der Waals surface area contributed by atoms with Gasteiger partial charge in [0.2, 0.25) is 0 Å². The molecule has 2 aromatic carbocycles. The SMILES string of the molecule is CCCCCc1ccc(NCc2cc(O)cc(F)c2)cc1. The summed E-state index contributed by atoms with van der Waals surface area (Å²) in [4.78, 5) is 0. The smallest absolute Gasteiger partial charge is 0.127 e. The molecule has 0 saturated carbocycles. The number of rotatable bonds is 7. The van der Waals surface area contributed by atoms with Crippen LogP contribution < -0.4 is 5.32 Å². The highest BCUT2D eigenvalue weighted by molar-refractivity contribution is 5.45. The number of unbranched alkanes of at least 4 members (excludes halogenated alkanes) is 2. The first kappa shape index (κ1) is 15.4. The summed E-state index contributed by atoms with van der Waals surface area (Å²) in [5, 5.41) is 12.6. The quantitative estimate of drug-likeness (QED) is 0.712. The molecule has 3 heteroatoms. The number of aryl methyl sites for hydroxylation is 1. The Kier molecular flexibility index (Phi) is 5.61. The minimum Gasteiger partial charge on any atom is -0.508 e. The number of phenolic OH excluding ortho intramolecular Hbond substituents is 1. The molecule has 0 unspecified atom stereocenters. The maximum atomic E-state index is 13.2. The van der Waals surface area contributed by atoms with Crippen LogP contribution in [0.2, 0.25) is 0 Å². The van der Waals surface area contributed by atoms with Crippen LogP contribution in [0.5, 0.6) is 5.75 Å². The van der Waals surface area contributed by atoms with Crippen LogP contribution in [0.1, 0.15) is 37.3 Å². The molecule has 0 aliphatic rings. The van der Waals surface area contributed by atoms with Crippen molar-refractivity contribution >= 4 is 5.69 Å². The number of nitrogens with one attached hydrogen (secondary N) is 1. The van der Waals surface area contributed by atoms with Crippen molar-refractivity contribution in [3.8, 4) is 5.75 Å². The van der Waals surface area contributed by atoms with Crippen LogP contribution in [0, 0.1) is 5.82 Å². The minimum absolute atomic E-state index is 0.0435. The van der Waals surface area contributed by atoms with Crippen LogP contribution in [-0.4, -0.2) is 5.11 Å². The Labute approximate surface area is 125 Å². The summed E-state index contributed by atoms with van der Waals surface area (Å²) in [6.07, 6.45) is 4.85. The molecule has 21 heavy (non-hydrogen) atoms.